The summed E-state index contributed by atoms with van der Waals surface area (Å²) in [6.45, 7) is 9.44. The quantitative estimate of drug-likeness (QED) is 0.513. The summed E-state index contributed by atoms with van der Waals surface area (Å²) < 4.78 is 0. The van der Waals surface area contributed by atoms with Crippen LogP contribution in [0.5, 0.6) is 0 Å². The maximum absolute atomic E-state index is 7.98. The lowest BCUT2D eigenvalue weighted by atomic mass is 10.0. The lowest BCUT2D eigenvalue weighted by Crippen LogP contribution is -2.45. The van der Waals surface area contributed by atoms with E-state index in [9.17, 15) is 0 Å². The zero-order valence-electron chi connectivity index (χ0n) is 8.64. The van der Waals surface area contributed by atoms with Crippen LogP contribution in [0.2, 0.25) is 0 Å². The Balaban J connectivity index is 2.60. The first kappa shape index (κ1) is 10.2. The molecule has 1 rings (SSSR count). The van der Waals surface area contributed by atoms with Crippen LogP contribution >= 0.6 is 0 Å². The largest absolute Gasteiger partial charge is 0.359 e. The van der Waals surface area contributed by atoms with Crippen LogP contribution in [0, 0.1) is 5.41 Å². The van der Waals surface area contributed by atoms with Crippen LogP contribution in [0.25, 0.3) is 0 Å². The molecule has 13 heavy (non-hydrogen) atoms. The maximum Gasteiger partial charge on any atom is 0.124 e. The molecule has 3 heteroatoms. The van der Waals surface area contributed by atoms with E-state index in [-0.39, 0.29) is 0 Å². The van der Waals surface area contributed by atoms with Crippen molar-refractivity contribution < 1.29 is 0 Å². The van der Waals surface area contributed by atoms with E-state index in [1.165, 1.54) is 19.3 Å². The van der Waals surface area contributed by atoms with E-state index in [0.717, 1.165) is 13.1 Å². The summed E-state index contributed by atoms with van der Waals surface area (Å²) in [5, 5.41) is 7.98. The third kappa shape index (κ3) is 2.29. The molecule has 1 saturated heterocycles. The van der Waals surface area contributed by atoms with E-state index in [1.807, 2.05) is 13.8 Å². The number of likely N-dealkylation sites (tertiary alicyclic amines) is 1. The van der Waals surface area contributed by atoms with Crippen molar-refractivity contribution in [1.29, 1.82) is 5.41 Å². The number of hydrogen-bond acceptors (Lipinski definition) is 2. The first-order chi connectivity index (χ1) is 6.08. The molecule has 74 valence electrons. The highest BCUT2D eigenvalue weighted by molar-refractivity contribution is 5.88. The van der Waals surface area contributed by atoms with Crippen LogP contribution in [0.3, 0.4) is 0 Å². The van der Waals surface area contributed by atoms with E-state index in [2.05, 4.69) is 16.6 Å². The van der Waals surface area contributed by atoms with E-state index in [1.54, 1.807) is 0 Å². The average molecular weight is 181 g/mol. The van der Waals surface area contributed by atoms with Gasteiger partial charge < -0.3 is 4.90 Å². The molecule has 1 heterocycles. The molecule has 3 nitrogen and oxygen atoms in total. The Morgan fingerprint density at radius 2 is 1.85 bits per heavy atom. The van der Waals surface area contributed by atoms with Crippen molar-refractivity contribution in [3.05, 3.63) is 0 Å². The zero-order chi connectivity index (χ0) is 9.90. The predicted octanol–water partition coefficient (Wildman–Crippen LogP) is 1.93. The van der Waals surface area contributed by atoms with Gasteiger partial charge in [0.1, 0.15) is 11.4 Å². The number of nitrogens with zero attached hydrogens (tertiary/aromatic N) is 2. The first-order valence-corrected chi connectivity index (χ1v) is 4.90. The monoisotopic (exact) mass is 181 g/mol. The second kappa shape index (κ2) is 3.90. The molecule has 0 atom stereocenters. The Bertz CT molecular complexity index is 202. The molecule has 1 aliphatic heterocycles. The number of rotatable bonds is 2. The molecule has 1 N–H and O–H groups in total. The summed E-state index contributed by atoms with van der Waals surface area (Å²) in [5.41, 5.74) is -0.419. The minimum atomic E-state index is -0.419. The van der Waals surface area contributed by atoms with Gasteiger partial charge in [0.2, 0.25) is 0 Å². The molecule has 0 amide bonds. The van der Waals surface area contributed by atoms with Gasteiger partial charge in [0.05, 0.1) is 0 Å². The second-order valence-electron chi connectivity index (χ2n) is 4.11. The molecule has 0 aromatic rings. The first-order valence-electron chi connectivity index (χ1n) is 4.90. The Kier molecular flexibility index (Phi) is 3.07. The molecule has 0 unspecified atom stereocenters. The van der Waals surface area contributed by atoms with Gasteiger partial charge >= 0.3 is 0 Å². The van der Waals surface area contributed by atoms with Crippen LogP contribution in [-0.4, -0.2) is 36.1 Å². The van der Waals surface area contributed by atoms with Crippen LogP contribution in [0.1, 0.15) is 33.1 Å². The summed E-state index contributed by atoms with van der Waals surface area (Å²) in [6, 6.07) is 0. The van der Waals surface area contributed by atoms with E-state index < -0.39 is 5.54 Å². The van der Waals surface area contributed by atoms with Gasteiger partial charge in [0.15, 0.2) is 0 Å². The normalized spacial score (nSPS) is 18.5. The van der Waals surface area contributed by atoms with Crippen molar-refractivity contribution in [2.24, 2.45) is 4.99 Å². The summed E-state index contributed by atoms with van der Waals surface area (Å²) >= 11 is 0. The molecular weight excluding hydrogens is 162 g/mol. The number of aliphatic imine (C=N–C) groups is 1. The van der Waals surface area contributed by atoms with Crippen LogP contribution in [-0.2, 0) is 0 Å². The lowest BCUT2D eigenvalue weighted by Gasteiger charge is -2.34. The molecule has 1 aliphatic rings. The summed E-state index contributed by atoms with van der Waals surface area (Å²) in [5.74, 6) is 0.613. The SMILES string of the molecule is C=NC(C)(C)C(=N)N1CCCCC1. The van der Waals surface area contributed by atoms with E-state index in [4.69, 9.17) is 5.41 Å². The van der Waals surface area contributed by atoms with Crippen molar-refractivity contribution in [2.75, 3.05) is 13.1 Å². The van der Waals surface area contributed by atoms with Gasteiger partial charge in [0.25, 0.3) is 0 Å². The summed E-state index contributed by atoms with van der Waals surface area (Å²) in [6.07, 6.45) is 3.71. The number of amidine groups is 1. The summed E-state index contributed by atoms with van der Waals surface area (Å²) in [4.78, 5) is 6.10. The molecule has 1 fully saturated rings. The highest BCUT2D eigenvalue weighted by Gasteiger charge is 2.27. The van der Waals surface area contributed by atoms with Crippen molar-refractivity contribution >= 4 is 12.6 Å². The van der Waals surface area contributed by atoms with Crippen LogP contribution in [0.15, 0.2) is 4.99 Å². The van der Waals surface area contributed by atoms with Gasteiger partial charge in [-0.1, -0.05) is 0 Å². The molecule has 0 radical (unpaired) electrons. The fourth-order valence-corrected chi connectivity index (χ4v) is 1.58. The van der Waals surface area contributed by atoms with Crippen molar-refractivity contribution in [3.8, 4) is 0 Å². The van der Waals surface area contributed by atoms with Crippen LogP contribution < -0.4 is 0 Å². The van der Waals surface area contributed by atoms with Gasteiger partial charge in [-0.2, -0.15) is 0 Å². The molecule has 0 aliphatic carbocycles. The van der Waals surface area contributed by atoms with Crippen LogP contribution in [0.4, 0.5) is 0 Å². The van der Waals surface area contributed by atoms with Crippen molar-refractivity contribution in [2.45, 2.75) is 38.6 Å². The third-order valence-electron chi connectivity index (χ3n) is 2.65. The summed E-state index contributed by atoms with van der Waals surface area (Å²) in [7, 11) is 0. The fraction of sp³-hybridized carbons (Fsp3) is 0.800. The van der Waals surface area contributed by atoms with Gasteiger partial charge in [-0.15, -0.1) is 0 Å². The highest BCUT2D eigenvalue weighted by atomic mass is 15.2. The third-order valence-corrected chi connectivity index (χ3v) is 2.65. The van der Waals surface area contributed by atoms with E-state index in [0.29, 0.717) is 5.84 Å². The highest BCUT2D eigenvalue weighted by Crippen LogP contribution is 2.17. The zero-order valence-corrected chi connectivity index (χ0v) is 8.64. The Morgan fingerprint density at radius 3 is 2.31 bits per heavy atom. The number of nitrogens with one attached hydrogen (secondary N) is 1. The Morgan fingerprint density at radius 1 is 1.31 bits per heavy atom. The van der Waals surface area contributed by atoms with E-state index >= 15 is 0 Å². The Labute approximate surface area is 80.4 Å². The van der Waals surface area contributed by atoms with Crippen molar-refractivity contribution in [1.82, 2.24) is 4.90 Å². The predicted molar refractivity (Wildman–Crippen MR) is 56.8 cm³/mol. The Hall–Kier alpha value is -0.860. The topological polar surface area (TPSA) is 39.5 Å². The molecule has 0 aromatic heterocycles. The maximum atomic E-state index is 7.98. The van der Waals surface area contributed by atoms with Gasteiger partial charge in [-0.05, 0) is 39.8 Å². The van der Waals surface area contributed by atoms with Gasteiger partial charge in [0, 0.05) is 13.1 Å². The average Bonchev–Trinajstić information content (AvgIpc) is 2.18. The fourth-order valence-electron chi connectivity index (χ4n) is 1.58. The molecule has 0 bridgehead atoms. The molecular formula is C10H19N3. The molecule has 0 saturated carbocycles. The lowest BCUT2D eigenvalue weighted by molar-refractivity contribution is 0.322. The second-order valence-corrected chi connectivity index (χ2v) is 4.11. The molecule has 0 spiro atoms. The molecule has 0 aromatic carbocycles. The number of hydrogen-bond donors (Lipinski definition) is 1. The van der Waals surface area contributed by atoms with Crippen molar-refractivity contribution in [3.63, 3.8) is 0 Å². The standard InChI is InChI=1S/C10H19N3/c1-10(2,12-3)9(11)13-7-5-4-6-8-13/h11H,3-8H2,1-2H3. The van der Waals surface area contributed by atoms with Gasteiger partial charge in [-0.3, -0.25) is 10.4 Å². The van der Waals surface area contributed by atoms with Gasteiger partial charge in [-0.25, -0.2) is 0 Å². The number of piperidine rings is 1. The minimum absolute atomic E-state index is 0.419. The minimum Gasteiger partial charge on any atom is -0.359 e. The smallest absolute Gasteiger partial charge is 0.124 e.